The van der Waals surface area contributed by atoms with Crippen molar-refractivity contribution in [2.45, 2.75) is 18.6 Å². The largest absolute Gasteiger partial charge is 0.467 e. The van der Waals surface area contributed by atoms with E-state index in [1.165, 1.54) is 0 Å². The molecule has 8 nitrogen and oxygen atoms in total. The molecule has 1 atom stereocenters. The highest BCUT2D eigenvalue weighted by Gasteiger charge is 2.22. The van der Waals surface area contributed by atoms with Crippen molar-refractivity contribution in [3.05, 3.63) is 0 Å². The third kappa shape index (κ3) is 7.26. The van der Waals surface area contributed by atoms with E-state index in [0.717, 1.165) is 14.0 Å². The van der Waals surface area contributed by atoms with E-state index in [1.807, 2.05) is 0 Å². The number of esters is 1. The van der Waals surface area contributed by atoms with E-state index in [9.17, 15) is 21.6 Å². The SMILES string of the molecule is COC(=O)COS(=O)(=O)CCC(C)S(=O)(=O)O. The van der Waals surface area contributed by atoms with E-state index in [-0.39, 0.29) is 6.42 Å². The summed E-state index contributed by atoms with van der Waals surface area (Å²) in [5, 5.41) is -1.22. The van der Waals surface area contributed by atoms with E-state index in [0.29, 0.717) is 0 Å². The summed E-state index contributed by atoms with van der Waals surface area (Å²) in [6.45, 7) is 0.393. The van der Waals surface area contributed by atoms with Crippen molar-refractivity contribution < 1.29 is 35.1 Å². The van der Waals surface area contributed by atoms with E-state index >= 15 is 0 Å². The van der Waals surface area contributed by atoms with Gasteiger partial charge in [-0.15, -0.1) is 0 Å². The van der Waals surface area contributed by atoms with E-state index in [4.69, 9.17) is 4.55 Å². The Bertz CT molecular complexity index is 448. The molecule has 0 aromatic heterocycles. The third-order valence-corrected chi connectivity index (χ3v) is 4.33. The zero-order valence-corrected chi connectivity index (χ0v) is 11.0. The van der Waals surface area contributed by atoms with Gasteiger partial charge in [-0.05, 0) is 13.3 Å². The van der Waals surface area contributed by atoms with Gasteiger partial charge >= 0.3 is 5.97 Å². The Hall–Kier alpha value is -0.710. The molecule has 0 spiro atoms. The standard InChI is InChI=1S/C7H14O8S2/c1-6(17(11,12)13)3-4-16(9,10)15-5-7(8)14-2/h6H,3-5H2,1-2H3,(H,11,12,13). The summed E-state index contributed by atoms with van der Waals surface area (Å²) >= 11 is 0. The van der Waals surface area contributed by atoms with Crippen molar-refractivity contribution in [2.24, 2.45) is 0 Å². The van der Waals surface area contributed by atoms with Crippen LogP contribution in [0, 0.1) is 0 Å². The average molecular weight is 290 g/mol. The number of hydrogen-bond donors (Lipinski definition) is 1. The summed E-state index contributed by atoms with van der Waals surface area (Å²) in [5.41, 5.74) is 0. The fourth-order valence-corrected chi connectivity index (χ4v) is 2.32. The molecule has 102 valence electrons. The third-order valence-electron chi connectivity index (χ3n) is 1.87. The van der Waals surface area contributed by atoms with Crippen LogP contribution >= 0.6 is 0 Å². The molecule has 0 aliphatic carbocycles. The molecule has 0 bridgehead atoms. The Morgan fingerprint density at radius 1 is 1.29 bits per heavy atom. The highest BCUT2D eigenvalue weighted by molar-refractivity contribution is 7.87. The molecule has 1 N–H and O–H groups in total. The maximum Gasteiger partial charge on any atom is 0.333 e. The van der Waals surface area contributed by atoms with Crippen LogP contribution in [0.4, 0.5) is 0 Å². The maximum atomic E-state index is 11.2. The Morgan fingerprint density at radius 3 is 2.24 bits per heavy atom. The van der Waals surface area contributed by atoms with Crippen LogP contribution in [0.2, 0.25) is 0 Å². The molecular weight excluding hydrogens is 276 g/mol. The minimum atomic E-state index is -4.27. The molecule has 0 aromatic carbocycles. The number of ether oxygens (including phenoxy) is 1. The second-order valence-electron chi connectivity index (χ2n) is 3.21. The average Bonchev–Trinajstić information content (AvgIpc) is 2.21. The van der Waals surface area contributed by atoms with Crippen LogP contribution in [-0.2, 0) is 34.0 Å². The lowest BCUT2D eigenvalue weighted by atomic mass is 10.4. The fourth-order valence-electron chi connectivity index (χ4n) is 0.715. The molecule has 10 heteroatoms. The van der Waals surface area contributed by atoms with Gasteiger partial charge in [-0.25, -0.2) is 4.79 Å². The van der Waals surface area contributed by atoms with Gasteiger partial charge in [0.05, 0.1) is 18.1 Å². The van der Waals surface area contributed by atoms with E-state index in [1.54, 1.807) is 0 Å². The normalized spacial score (nSPS) is 14.3. The molecule has 0 aromatic rings. The van der Waals surface area contributed by atoms with E-state index in [2.05, 4.69) is 8.92 Å². The lowest BCUT2D eigenvalue weighted by Crippen LogP contribution is -2.23. The van der Waals surface area contributed by atoms with Gasteiger partial charge in [0.2, 0.25) is 0 Å². The molecule has 0 heterocycles. The molecule has 0 amide bonds. The topological polar surface area (TPSA) is 124 Å². The fraction of sp³-hybridized carbons (Fsp3) is 0.857. The monoisotopic (exact) mass is 290 g/mol. The first-order valence-electron chi connectivity index (χ1n) is 4.48. The molecule has 0 radical (unpaired) electrons. The number of methoxy groups -OCH3 is 1. The highest BCUT2D eigenvalue weighted by Crippen LogP contribution is 2.06. The number of carbonyl (C=O) groups is 1. The maximum absolute atomic E-state index is 11.2. The van der Waals surface area contributed by atoms with Crippen molar-refractivity contribution in [3.63, 3.8) is 0 Å². The van der Waals surface area contributed by atoms with Crippen molar-refractivity contribution >= 4 is 26.2 Å². The zero-order valence-electron chi connectivity index (χ0n) is 9.32. The summed E-state index contributed by atoms with van der Waals surface area (Å²) in [7, 11) is -7.22. The molecule has 0 saturated heterocycles. The van der Waals surface area contributed by atoms with Crippen LogP contribution in [-0.4, -0.2) is 52.1 Å². The van der Waals surface area contributed by atoms with Gasteiger partial charge < -0.3 is 4.74 Å². The minimum absolute atomic E-state index is 0.331. The van der Waals surface area contributed by atoms with Gasteiger partial charge in [0, 0.05) is 0 Å². The Balaban J connectivity index is 4.25. The first kappa shape index (κ1) is 16.3. The molecule has 0 aliphatic rings. The summed E-state index contributed by atoms with van der Waals surface area (Å²) < 4.78 is 60.6. The van der Waals surface area contributed by atoms with Crippen molar-refractivity contribution in [1.29, 1.82) is 0 Å². The minimum Gasteiger partial charge on any atom is -0.467 e. The molecule has 17 heavy (non-hydrogen) atoms. The molecule has 0 rings (SSSR count). The van der Waals surface area contributed by atoms with Crippen LogP contribution in [0.25, 0.3) is 0 Å². The predicted octanol–water partition coefficient (Wildman–Crippen LogP) is -0.828. The molecule has 0 saturated carbocycles. The number of hydrogen-bond acceptors (Lipinski definition) is 7. The van der Waals surface area contributed by atoms with Crippen LogP contribution in [0.3, 0.4) is 0 Å². The van der Waals surface area contributed by atoms with Crippen LogP contribution in [0.1, 0.15) is 13.3 Å². The second kappa shape index (κ2) is 6.28. The first-order chi connectivity index (χ1) is 7.58. The molecule has 0 aliphatic heterocycles. The Labute approximate surface area is 99.8 Å². The van der Waals surface area contributed by atoms with Gasteiger partial charge in [-0.2, -0.15) is 16.8 Å². The first-order valence-corrected chi connectivity index (χ1v) is 7.57. The van der Waals surface area contributed by atoms with Gasteiger partial charge in [0.25, 0.3) is 20.2 Å². The second-order valence-corrected chi connectivity index (χ2v) is 6.81. The van der Waals surface area contributed by atoms with E-state index < -0.39 is 43.8 Å². The quantitative estimate of drug-likeness (QED) is 0.366. The summed E-state index contributed by atoms with van der Waals surface area (Å²) in [4.78, 5) is 10.6. The summed E-state index contributed by atoms with van der Waals surface area (Å²) in [6.07, 6.45) is -0.331. The van der Waals surface area contributed by atoms with Crippen molar-refractivity contribution in [1.82, 2.24) is 0 Å². The Kier molecular flexibility index (Phi) is 6.02. The van der Waals surface area contributed by atoms with Crippen molar-refractivity contribution in [3.8, 4) is 0 Å². The lowest BCUT2D eigenvalue weighted by molar-refractivity contribution is -0.142. The van der Waals surface area contributed by atoms with Gasteiger partial charge in [0.1, 0.15) is 0 Å². The Morgan fingerprint density at radius 2 is 1.82 bits per heavy atom. The summed E-state index contributed by atoms with van der Waals surface area (Å²) in [5.74, 6) is -1.48. The molecular formula is C7H14O8S2. The van der Waals surface area contributed by atoms with Gasteiger partial charge in [-0.3, -0.25) is 8.74 Å². The lowest BCUT2D eigenvalue weighted by Gasteiger charge is -2.08. The number of carbonyl (C=O) groups excluding carboxylic acids is 1. The van der Waals surface area contributed by atoms with Gasteiger partial charge in [0.15, 0.2) is 6.61 Å². The van der Waals surface area contributed by atoms with Crippen LogP contribution in [0.5, 0.6) is 0 Å². The predicted molar refractivity (Wildman–Crippen MR) is 57.4 cm³/mol. The number of rotatable bonds is 7. The molecule has 1 unspecified atom stereocenters. The smallest absolute Gasteiger partial charge is 0.333 e. The van der Waals surface area contributed by atoms with Crippen LogP contribution < -0.4 is 0 Å². The van der Waals surface area contributed by atoms with Crippen molar-refractivity contribution in [2.75, 3.05) is 19.5 Å². The van der Waals surface area contributed by atoms with Gasteiger partial charge in [-0.1, -0.05) is 0 Å². The van der Waals surface area contributed by atoms with Crippen LogP contribution in [0.15, 0.2) is 0 Å². The summed E-state index contributed by atoms with van der Waals surface area (Å²) in [6, 6.07) is 0. The molecule has 0 fully saturated rings. The highest BCUT2D eigenvalue weighted by atomic mass is 32.2. The zero-order chi connectivity index (χ0) is 13.7.